The van der Waals surface area contributed by atoms with Gasteiger partial charge in [-0.15, -0.1) is 0 Å². The van der Waals surface area contributed by atoms with Crippen LogP contribution in [0.3, 0.4) is 0 Å². The number of hydrogen-bond donors (Lipinski definition) is 3. The molecule has 4 heteroatoms. The van der Waals surface area contributed by atoms with Crippen LogP contribution in [-0.4, -0.2) is 29.0 Å². The maximum atomic E-state index is 9.41. The molecule has 0 aliphatic heterocycles. The Balaban J connectivity index is 2.21. The van der Waals surface area contributed by atoms with Crippen molar-refractivity contribution in [1.82, 2.24) is 5.32 Å². The first-order valence-corrected chi connectivity index (χ1v) is 4.20. The lowest BCUT2D eigenvalue weighted by Gasteiger charge is -2.20. The third-order valence-corrected chi connectivity index (χ3v) is 1.73. The first-order chi connectivity index (χ1) is 6.14. The van der Waals surface area contributed by atoms with Crippen LogP contribution in [0.25, 0.3) is 0 Å². The van der Waals surface area contributed by atoms with Crippen molar-refractivity contribution in [3.05, 3.63) is 24.2 Å². The first kappa shape index (κ1) is 10.2. The standard InChI is InChI=1S/C9H15NO3/c1-9(12,7-11)6-10-5-8-3-2-4-13-8/h2-4,10-12H,5-7H2,1H3. The lowest BCUT2D eigenvalue weighted by Crippen LogP contribution is -2.40. The molecule has 0 aromatic carbocycles. The van der Waals surface area contributed by atoms with E-state index in [0.717, 1.165) is 5.76 Å². The highest BCUT2D eigenvalue weighted by atomic mass is 16.3. The molecule has 0 saturated heterocycles. The molecular weight excluding hydrogens is 170 g/mol. The molecular formula is C9H15NO3. The molecule has 1 atom stereocenters. The molecule has 1 rings (SSSR count). The van der Waals surface area contributed by atoms with Crippen molar-refractivity contribution in [2.24, 2.45) is 0 Å². The van der Waals surface area contributed by atoms with Gasteiger partial charge in [-0.05, 0) is 19.1 Å². The van der Waals surface area contributed by atoms with Crippen molar-refractivity contribution in [1.29, 1.82) is 0 Å². The Morgan fingerprint density at radius 1 is 1.62 bits per heavy atom. The number of aliphatic hydroxyl groups is 2. The number of nitrogens with one attached hydrogen (secondary N) is 1. The molecule has 0 aliphatic carbocycles. The fraction of sp³-hybridized carbons (Fsp3) is 0.556. The summed E-state index contributed by atoms with van der Waals surface area (Å²) < 4.78 is 5.08. The molecule has 4 nitrogen and oxygen atoms in total. The average molecular weight is 185 g/mol. The zero-order valence-corrected chi connectivity index (χ0v) is 7.66. The van der Waals surface area contributed by atoms with E-state index in [-0.39, 0.29) is 6.61 Å². The van der Waals surface area contributed by atoms with Gasteiger partial charge in [-0.1, -0.05) is 0 Å². The molecule has 0 fully saturated rings. The summed E-state index contributed by atoms with van der Waals surface area (Å²) >= 11 is 0. The van der Waals surface area contributed by atoms with Crippen molar-refractivity contribution in [3.63, 3.8) is 0 Å². The molecule has 0 bridgehead atoms. The Hall–Kier alpha value is -0.840. The van der Waals surface area contributed by atoms with Crippen molar-refractivity contribution >= 4 is 0 Å². The monoisotopic (exact) mass is 185 g/mol. The van der Waals surface area contributed by atoms with E-state index in [9.17, 15) is 5.11 Å². The molecule has 0 amide bonds. The Labute approximate surface area is 77.2 Å². The number of furan rings is 1. The van der Waals surface area contributed by atoms with Gasteiger partial charge in [-0.3, -0.25) is 0 Å². The van der Waals surface area contributed by atoms with Gasteiger partial charge in [0.1, 0.15) is 5.76 Å². The van der Waals surface area contributed by atoms with Gasteiger partial charge in [0.05, 0.1) is 25.0 Å². The first-order valence-electron chi connectivity index (χ1n) is 4.20. The second-order valence-corrected chi connectivity index (χ2v) is 3.34. The van der Waals surface area contributed by atoms with Crippen LogP contribution in [-0.2, 0) is 6.54 Å². The van der Waals surface area contributed by atoms with Crippen molar-refractivity contribution < 1.29 is 14.6 Å². The fourth-order valence-corrected chi connectivity index (χ4v) is 0.924. The van der Waals surface area contributed by atoms with Crippen molar-refractivity contribution in [2.45, 2.75) is 19.1 Å². The van der Waals surface area contributed by atoms with Gasteiger partial charge < -0.3 is 19.9 Å². The van der Waals surface area contributed by atoms with E-state index in [1.54, 1.807) is 19.3 Å². The van der Waals surface area contributed by atoms with E-state index < -0.39 is 5.60 Å². The van der Waals surface area contributed by atoms with E-state index in [2.05, 4.69) is 5.32 Å². The minimum atomic E-state index is -1.06. The van der Waals surface area contributed by atoms with Crippen LogP contribution in [0.5, 0.6) is 0 Å². The molecule has 0 spiro atoms. The molecule has 13 heavy (non-hydrogen) atoms. The summed E-state index contributed by atoms with van der Waals surface area (Å²) in [6, 6.07) is 3.65. The highest BCUT2D eigenvalue weighted by Gasteiger charge is 2.17. The van der Waals surface area contributed by atoms with Gasteiger partial charge in [-0.25, -0.2) is 0 Å². The summed E-state index contributed by atoms with van der Waals surface area (Å²) in [6.45, 7) is 2.22. The second kappa shape index (κ2) is 4.41. The van der Waals surface area contributed by atoms with Crippen LogP contribution in [0.1, 0.15) is 12.7 Å². The number of hydrogen-bond acceptors (Lipinski definition) is 4. The fourth-order valence-electron chi connectivity index (χ4n) is 0.924. The highest BCUT2D eigenvalue weighted by molar-refractivity contribution is 4.97. The van der Waals surface area contributed by atoms with Crippen LogP contribution in [0.4, 0.5) is 0 Å². The van der Waals surface area contributed by atoms with Gasteiger partial charge in [-0.2, -0.15) is 0 Å². The largest absolute Gasteiger partial charge is 0.468 e. The third-order valence-electron chi connectivity index (χ3n) is 1.73. The lowest BCUT2D eigenvalue weighted by molar-refractivity contribution is 0.00227. The van der Waals surface area contributed by atoms with Crippen LogP contribution >= 0.6 is 0 Å². The molecule has 1 unspecified atom stereocenters. The predicted octanol–water partition coefficient (Wildman–Crippen LogP) is 0.112. The minimum Gasteiger partial charge on any atom is -0.468 e. The Morgan fingerprint density at radius 3 is 2.92 bits per heavy atom. The van der Waals surface area contributed by atoms with Gasteiger partial charge >= 0.3 is 0 Å². The molecule has 3 N–H and O–H groups in total. The summed E-state index contributed by atoms with van der Waals surface area (Å²) in [4.78, 5) is 0. The van der Waals surface area contributed by atoms with Gasteiger partial charge in [0.15, 0.2) is 0 Å². The zero-order valence-electron chi connectivity index (χ0n) is 7.66. The minimum absolute atomic E-state index is 0.252. The average Bonchev–Trinajstić information content (AvgIpc) is 2.57. The lowest BCUT2D eigenvalue weighted by atomic mass is 10.1. The Kier molecular flexibility index (Phi) is 3.48. The zero-order chi connectivity index (χ0) is 9.73. The third kappa shape index (κ3) is 3.59. The van der Waals surface area contributed by atoms with Gasteiger partial charge in [0.2, 0.25) is 0 Å². The Bertz CT molecular complexity index is 231. The van der Waals surface area contributed by atoms with E-state index in [0.29, 0.717) is 13.1 Å². The van der Waals surface area contributed by atoms with Crippen LogP contribution in [0.2, 0.25) is 0 Å². The van der Waals surface area contributed by atoms with Gasteiger partial charge in [0, 0.05) is 6.54 Å². The van der Waals surface area contributed by atoms with Crippen LogP contribution in [0.15, 0.2) is 22.8 Å². The maximum Gasteiger partial charge on any atom is 0.117 e. The normalized spacial score (nSPS) is 15.6. The predicted molar refractivity (Wildman–Crippen MR) is 48.1 cm³/mol. The maximum absolute atomic E-state index is 9.41. The topological polar surface area (TPSA) is 65.6 Å². The summed E-state index contributed by atoms with van der Waals surface area (Å²) in [5, 5.41) is 21.1. The molecule has 1 heterocycles. The summed E-state index contributed by atoms with van der Waals surface area (Å²) in [7, 11) is 0. The second-order valence-electron chi connectivity index (χ2n) is 3.34. The smallest absolute Gasteiger partial charge is 0.117 e. The molecule has 1 aromatic rings. The van der Waals surface area contributed by atoms with E-state index in [1.807, 2.05) is 6.07 Å². The SMILES string of the molecule is CC(O)(CO)CNCc1ccco1. The molecule has 0 aliphatic rings. The molecule has 0 radical (unpaired) electrons. The summed E-state index contributed by atoms with van der Waals surface area (Å²) in [5.41, 5.74) is -1.06. The van der Waals surface area contributed by atoms with E-state index >= 15 is 0 Å². The van der Waals surface area contributed by atoms with E-state index in [4.69, 9.17) is 9.52 Å². The number of aliphatic hydroxyl groups excluding tert-OH is 1. The molecule has 74 valence electrons. The summed E-state index contributed by atoms with van der Waals surface area (Å²) in [5.74, 6) is 0.814. The van der Waals surface area contributed by atoms with Gasteiger partial charge in [0.25, 0.3) is 0 Å². The highest BCUT2D eigenvalue weighted by Crippen LogP contribution is 2.01. The summed E-state index contributed by atoms with van der Waals surface area (Å²) in [6.07, 6.45) is 1.60. The number of rotatable bonds is 5. The molecule has 1 aromatic heterocycles. The van der Waals surface area contributed by atoms with Crippen LogP contribution < -0.4 is 5.32 Å². The quantitative estimate of drug-likeness (QED) is 0.609. The van der Waals surface area contributed by atoms with Crippen molar-refractivity contribution in [2.75, 3.05) is 13.2 Å². The molecule has 0 saturated carbocycles. The Morgan fingerprint density at radius 2 is 2.38 bits per heavy atom. The van der Waals surface area contributed by atoms with Crippen LogP contribution in [0, 0.1) is 0 Å². The van der Waals surface area contributed by atoms with E-state index in [1.165, 1.54) is 0 Å². The van der Waals surface area contributed by atoms with Crippen molar-refractivity contribution in [3.8, 4) is 0 Å².